The molecule has 0 amide bonds. The molecule has 0 radical (unpaired) electrons. The van der Waals surface area contributed by atoms with Gasteiger partial charge >= 0.3 is 0 Å². The SMILES string of the molecule is COc1cc(C)c(C(F)(F)CCC#N)cc1C(C)C. The van der Waals surface area contributed by atoms with Crippen LogP contribution in [-0.2, 0) is 5.92 Å². The number of alkyl halides is 2. The fourth-order valence-corrected chi connectivity index (χ4v) is 2.07. The molecule has 0 spiro atoms. The third-order valence-electron chi connectivity index (χ3n) is 3.14. The van der Waals surface area contributed by atoms with Crippen molar-refractivity contribution in [3.63, 3.8) is 0 Å². The largest absolute Gasteiger partial charge is 0.496 e. The molecular weight excluding hydrogens is 248 g/mol. The third kappa shape index (κ3) is 3.44. The minimum absolute atomic E-state index is 0.00718. The van der Waals surface area contributed by atoms with Crippen molar-refractivity contribution >= 4 is 0 Å². The molecule has 0 aliphatic carbocycles. The number of methoxy groups -OCH3 is 1. The average molecular weight is 267 g/mol. The van der Waals surface area contributed by atoms with Crippen LogP contribution in [0.2, 0.25) is 0 Å². The molecule has 0 saturated carbocycles. The summed E-state index contributed by atoms with van der Waals surface area (Å²) in [5, 5.41) is 8.47. The number of benzene rings is 1. The standard InChI is InChI=1S/C15H19F2NO/c1-10(2)12-9-13(11(3)8-14(12)19-4)15(16,17)6-5-7-18/h8-10H,5-6H2,1-4H3. The topological polar surface area (TPSA) is 33.0 Å². The van der Waals surface area contributed by atoms with E-state index in [4.69, 9.17) is 10.00 Å². The molecule has 0 heterocycles. The molecule has 0 unspecified atom stereocenters. The first-order valence-electron chi connectivity index (χ1n) is 6.27. The van der Waals surface area contributed by atoms with Crippen LogP contribution < -0.4 is 4.74 Å². The van der Waals surface area contributed by atoms with Gasteiger partial charge in [0.2, 0.25) is 0 Å². The van der Waals surface area contributed by atoms with E-state index in [9.17, 15) is 8.78 Å². The van der Waals surface area contributed by atoms with Crippen molar-refractivity contribution in [2.75, 3.05) is 7.11 Å². The van der Waals surface area contributed by atoms with E-state index in [1.54, 1.807) is 19.1 Å². The second-order valence-corrected chi connectivity index (χ2v) is 4.93. The first-order valence-corrected chi connectivity index (χ1v) is 6.27. The summed E-state index contributed by atoms with van der Waals surface area (Å²) >= 11 is 0. The van der Waals surface area contributed by atoms with Crippen molar-refractivity contribution in [2.24, 2.45) is 0 Å². The molecule has 104 valence electrons. The Morgan fingerprint density at radius 1 is 1.37 bits per heavy atom. The molecule has 1 aromatic rings. The Labute approximate surface area is 113 Å². The maximum atomic E-state index is 14.1. The summed E-state index contributed by atoms with van der Waals surface area (Å²) in [6.07, 6.45) is -0.607. The second-order valence-electron chi connectivity index (χ2n) is 4.93. The number of ether oxygens (including phenoxy) is 1. The van der Waals surface area contributed by atoms with Gasteiger partial charge in [-0.25, -0.2) is 8.78 Å². The first-order chi connectivity index (χ1) is 8.83. The zero-order valence-electron chi connectivity index (χ0n) is 11.8. The summed E-state index contributed by atoms with van der Waals surface area (Å²) in [6.45, 7) is 5.51. The van der Waals surface area contributed by atoms with Gasteiger partial charge in [0.1, 0.15) is 5.75 Å². The van der Waals surface area contributed by atoms with Crippen molar-refractivity contribution in [1.82, 2.24) is 0 Å². The number of rotatable bonds is 5. The smallest absolute Gasteiger partial charge is 0.274 e. The lowest BCUT2D eigenvalue weighted by molar-refractivity contribution is -0.0126. The summed E-state index contributed by atoms with van der Waals surface area (Å²) in [6, 6.07) is 4.92. The second kappa shape index (κ2) is 6.01. The van der Waals surface area contributed by atoms with Gasteiger partial charge in [-0.05, 0) is 36.1 Å². The number of hydrogen-bond acceptors (Lipinski definition) is 2. The molecular formula is C15H19F2NO. The Morgan fingerprint density at radius 3 is 2.47 bits per heavy atom. The van der Waals surface area contributed by atoms with Crippen LogP contribution in [0.15, 0.2) is 12.1 Å². The molecule has 1 aromatic carbocycles. The Morgan fingerprint density at radius 2 is 2.00 bits per heavy atom. The van der Waals surface area contributed by atoms with Crippen LogP contribution in [0.25, 0.3) is 0 Å². The zero-order chi connectivity index (χ0) is 14.6. The Kier molecular flexibility index (Phi) is 4.88. The highest BCUT2D eigenvalue weighted by Gasteiger charge is 2.33. The quantitative estimate of drug-likeness (QED) is 0.785. The molecule has 2 nitrogen and oxygen atoms in total. The number of aryl methyl sites for hydroxylation is 1. The van der Waals surface area contributed by atoms with Crippen molar-refractivity contribution < 1.29 is 13.5 Å². The first kappa shape index (κ1) is 15.4. The highest BCUT2D eigenvalue weighted by molar-refractivity contribution is 5.45. The van der Waals surface area contributed by atoms with Crippen LogP contribution in [0.5, 0.6) is 5.75 Å². The summed E-state index contributed by atoms with van der Waals surface area (Å²) in [4.78, 5) is 0. The van der Waals surface area contributed by atoms with Gasteiger partial charge in [0, 0.05) is 18.4 Å². The summed E-state index contributed by atoms with van der Waals surface area (Å²) in [7, 11) is 1.54. The van der Waals surface area contributed by atoms with Crippen LogP contribution >= 0.6 is 0 Å². The van der Waals surface area contributed by atoms with E-state index in [0.29, 0.717) is 11.3 Å². The predicted octanol–water partition coefficient (Wildman–Crippen LogP) is 4.52. The minimum Gasteiger partial charge on any atom is -0.496 e. The minimum atomic E-state index is -2.98. The van der Waals surface area contributed by atoms with Crippen molar-refractivity contribution in [3.8, 4) is 11.8 Å². The predicted molar refractivity (Wildman–Crippen MR) is 70.6 cm³/mol. The summed E-state index contributed by atoms with van der Waals surface area (Å²) in [5.41, 5.74) is 1.25. The summed E-state index contributed by atoms with van der Waals surface area (Å²) < 4.78 is 33.4. The molecule has 0 aliphatic rings. The van der Waals surface area contributed by atoms with Gasteiger partial charge in [-0.1, -0.05) is 13.8 Å². The van der Waals surface area contributed by atoms with E-state index >= 15 is 0 Å². The highest BCUT2D eigenvalue weighted by atomic mass is 19.3. The molecule has 19 heavy (non-hydrogen) atoms. The van der Waals surface area contributed by atoms with Gasteiger partial charge in [0.05, 0.1) is 13.2 Å². The van der Waals surface area contributed by atoms with Crippen molar-refractivity contribution in [1.29, 1.82) is 5.26 Å². The van der Waals surface area contributed by atoms with Gasteiger partial charge < -0.3 is 4.74 Å². The molecule has 0 atom stereocenters. The van der Waals surface area contributed by atoms with Gasteiger partial charge in [-0.2, -0.15) is 5.26 Å². The molecule has 4 heteroatoms. The highest BCUT2D eigenvalue weighted by Crippen LogP contribution is 2.39. The molecule has 0 bridgehead atoms. The fourth-order valence-electron chi connectivity index (χ4n) is 2.07. The van der Waals surface area contributed by atoms with Crippen LogP contribution in [0.1, 0.15) is 49.3 Å². The van der Waals surface area contributed by atoms with E-state index in [2.05, 4.69) is 0 Å². The zero-order valence-corrected chi connectivity index (χ0v) is 11.8. The Balaban J connectivity index is 3.29. The molecule has 0 N–H and O–H groups in total. The number of hydrogen-bond donors (Lipinski definition) is 0. The van der Waals surface area contributed by atoms with Crippen molar-refractivity contribution in [3.05, 3.63) is 28.8 Å². The van der Waals surface area contributed by atoms with Crippen LogP contribution in [0.4, 0.5) is 8.78 Å². The van der Waals surface area contributed by atoms with Crippen LogP contribution in [-0.4, -0.2) is 7.11 Å². The molecule has 0 fully saturated rings. The Hall–Kier alpha value is -1.63. The number of halogens is 2. The lowest BCUT2D eigenvalue weighted by Gasteiger charge is -2.21. The monoisotopic (exact) mass is 267 g/mol. The van der Waals surface area contributed by atoms with E-state index in [1.165, 1.54) is 13.2 Å². The maximum absolute atomic E-state index is 14.1. The van der Waals surface area contributed by atoms with Crippen LogP contribution in [0.3, 0.4) is 0 Å². The summed E-state index contributed by atoms with van der Waals surface area (Å²) in [5.74, 6) is -2.25. The lowest BCUT2D eigenvalue weighted by atomic mass is 9.92. The van der Waals surface area contributed by atoms with E-state index < -0.39 is 12.3 Å². The molecule has 0 aliphatic heterocycles. The van der Waals surface area contributed by atoms with Gasteiger partial charge in [-0.3, -0.25) is 0 Å². The Bertz CT molecular complexity index is 490. The molecule has 0 aromatic heterocycles. The van der Waals surface area contributed by atoms with Crippen LogP contribution in [0, 0.1) is 18.3 Å². The number of nitriles is 1. The number of nitrogens with zero attached hydrogens (tertiary/aromatic N) is 1. The third-order valence-corrected chi connectivity index (χ3v) is 3.14. The normalized spacial score (nSPS) is 11.5. The van der Waals surface area contributed by atoms with Gasteiger partial charge in [-0.15, -0.1) is 0 Å². The van der Waals surface area contributed by atoms with E-state index in [-0.39, 0.29) is 17.9 Å². The van der Waals surface area contributed by atoms with E-state index in [1.807, 2.05) is 13.8 Å². The lowest BCUT2D eigenvalue weighted by Crippen LogP contribution is -2.16. The maximum Gasteiger partial charge on any atom is 0.274 e. The van der Waals surface area contributed by atoms with Crippen molar-refractivity contribution in [2.45, 2.75) is 45.5 Å². The molecule has 1 rings (SSSR count). The van der Waals surface area contributed by atoms with Gasteiger partial charge in [0.15, 0.2) is 0 Å². The van der Waals surface area contributed by atoms with Gasteiger partial charge in [0.25, 0.3) is 5.92 Å². The fraction of sp³-hybridized carbons (Fsp3) is 0.533. The average Bonchev–Trinajstić information content (AvgIpc) is 2.35. The molecule has 0 saturated heterocycles. The van der Waals surface area contributed by atoms with E-state index in [0.717, 1.165) is 5.56 Å².